The highest BCUT2D eigenvalue weighted by molar-refractivity contribution is 5.99. The first-order chi connectivity index (χ1) is 13.6. The number of benzene rings is 2. The van der Waals surface area contributed by atoms with E-state index in [1.165, 1.54) is 13.2 Å². The zero-order valence-corrected chi connectivity index (χ0v) is 15.2. The highest BCUT2D eigenvalue weighted by Gasteiger charge is 2.22. The molecule has 2 aromatic carbocycles. The van der Waals surface area contributed by atoms with Gasteiger partial charge in [0.1, 0.15) is 5.76 Å². The third kappa shape index (κ3) is 4.27. The van der Waals surface area contributed by atoms with Gasteiger partial charge in [-0.25, -0.2) is 4.79 Å². The van der Waals surface area contributed by atoms with Crippen molar-refractivity contribution in [3.63, 3.8) is 0 Å². The number of carbonyl (C=O) groups excluding carboxylic acids is 2. The number of esters is 1. The molecular weight excluding hydrogens is 356 g/mol. The van der Waals surface area contributed by atoms with Gasteiger partial charge < -0.3 is 14.5 Å². The number of nitrogens with one attached hydrogen (secondary N) is 1. The Hall–Kier alpha value is -3.85. The molecule has 0 bridgehead atoms. The molecule has 0 fully saturated rings. The van der Waals surface area contributed by atoms with E-state index in [4.69, 9.17) is 9.15 Å². The minimum Gasteiger partial charge on any atom is -0.467 e. The number of hydrogen-bond donors (Lipinski definition) is 1. The molecule has 1 amide bonds. The summed E-state index contributed by atoms with van der Waals surface area (Å²) in [5.41, 5.74) is 1.95. The van der Waals surface area contributed by atoms with Gasteiger partial charge in [-0.2, -0.15) is 5.26 Å². The van der Waals surface area contributed by atoms with Crippen LogP contribution >= 0.6 is 0 Å². The third-order valence-corrected chi connectivity index (χ3v) is 4.15. The van der Waals surface area contributed by atoms with Crippen molar-refractivity contribution in [2.24, 2.45) is 0 Å². The molecular formula is C22H18N2O4. The van der Waals surface area contributed by atoms with Crippen molar-refractivity contribution in [1.29, 1.82) is 5.26 Å². The lowest BCUT2D eigenvalue weighted by Gasteiger charge is -2.15. The predicted octanol–water partition coefficient (Wildman–Crippen LogP) is 3.68. The first-order valence-corrected chi connectivity index (χ1v) is 8.69. The lowest BCUT2D eigenvalue weighted by Crippen LogP contribution is -2.35. The second-order valence-corrected chi connectivity index (χ2v) is 6.05. The highest BCUT2D eigenvalue weighted by Crippen LogP contribution is 2.27. The number of rotatable bonds is 6. The smallest absolute Gasteiger partial charge is 0.339 e. The Bertz CT molecular complexity index is 1020. The molecule has 0 spiro atoms. The van der Waals surface area contributed by atoms with Crippen molar-refractivity contribution in [3.8, 4) is 17.2 Å². The molecule has 28 heavy (non-hydrogen) atoms. The van der Waals surface area contributed by atoms with Gasteiger partial charge in [-0.15, -0.1) is 0 Å². The molecule has 140 valence electrons. The van der Waals surface area contributed by atoms with Crippen LogP contribution in [0.2, 0.25) is 0 Å². The Morgan fingerprint density at radius 1 is 1.07 bits per heavy atom. The Morgan fingerprint density at radius 2 is 1.79 bits per heavy atom. The van der Waals surface area contributed by atoms with Gasteiger partial charge in [0.05, 0.1) is 30.0 Å². The molecule has 1 aromatic heterocycles. The van der Waals surface area contributed by atoms with Gasteiger partial charge in [0.25, 0.3) is 5.91 Å². The molecule has 3 rings (SSSR count). The molecule has 1 N–H and O–H groups in total. The molecule has 0 unspecified atom stereocenters. The number of ether oxygens (including phenoxy) is 1. The number of hydrogen-bond acceptors (Lipinski definition) is 5. The minimum atomic E-state index is -0.985. The molecule has 0 aliphatic rings. The summed E-state index contributed by atoms with van der Waals surface area (Å²) in [6, 6.07) is 19.4. The van der Waals surface area contributed by atoms with Gasteiger partial charge >= 0.3 is 5.97 Å². The lowest BCUT2D eigenvalue weighted by molar-refractivity contribution is -0.129. The summed E-state index contributed by atoms with van der Waals surface area (Å²) in [5.74, 6) is -0.464. The average Bonchev–Trinajstić information content (AvgIpc) is 3.25. The van der Waals surface area contributed by atoms with Gasteiger partial charge in [0.15, 0.2) is 6.10 Å². The van der Waals surface area contributed by atoms with Crippen LogP contribution in [0.3, 0.4) is 0 Å². The number of nitrogens with zero attached hydrogens (tertiary/aromatic N) is 1. The number of amides is 1. The number of furan rings is 1. The average molecular weight is 374 g/mol. The Kier molecular flexibility index (Phi) is 5.87. The first kappa shape index (κ1) is 18.9. The molecule has 1 atom stereocenters. The van der Waals surface area contributed by atoms with Crippen molar-refractivity contribution in [2.45, 2.75) is 19.6 Å². The summed E-state index contributed by atoms with van der Waals surface area (Å²) in [6.45, 7) is 1.71. The van der Waals surface area contributed by atoms with E-state index in [1.54, 1.807) is 60.7 Å². The van der Waals surface area contributed by atoms with E-state index in [-0.39, 0.29) is 12.1 Å². The second-order valence-electron chi connectivity index (χ2n) is 6.05. The topological polar surface area (TPSA) is 92.3 Å². The molecule has 0 aliphatic heterocycles. The monoisotopic (exact) mass is 374 g/mol. The maximum atomic E-state index is 12.7. The Balaban J connectivity index is 1.74. The molecule has 1 heterocycles. The molecule has 0 saturated carbocycles. The molecule has 6 nitrogen and oxygen atoms in total. The molecule has 0 saturated heterocycles. The first-order valence-electron chi connectivity index (χ1n) is 8.69. The van der Waals surface area contributed by atoms with E-state index in [0.717, 1.165) is 0 Å². The van der Waals surface area contributed by atoms with E-state index < -0.39 is 18.0 Å². The van der Waals surface area contributed by atoms with Crippen molar-refractivity contribution in [3.05, 3.63) is 83.8 Å². The van der Waals surface area contributed by atoms with Crippen LogP contribution < -0.4 is 5.32 Å². The molecule has 0 aliphatic carbocycles. The Morgan fingerprint density at radius 3 is 2.50 bits per heavy atom. The summed E-state index contributed by atoms with van der Waals surface area (Å²) in [6.07, 6.45) is 0.530. The van der Waals surface area contributed by atoms with Crippen molar-refractivity contribution >= 4 is 11.9 Å². The van der Waals surface area contributed by atoms with E-state index >= 15 is 0 Å². The summed E-state index contributed by atoms with van der Waals surface area (Å²) >= 11 is 0. The van der Waals surface area contributed by atoms with Gasteiger partial charge in [-0.05, 0) is 36.8 Å². The zero-order valence-electron chi connectivity index (χ0n) is 15.2. The van der Waals surface area contributed by atoms with E-state index in [0.29, 0.717) is 22.5 Å². The maximum Gasteiger partial charge on any atom is 0.339 e. The van der Waals surface area contributed by atoms with Gasteiger partial charge in [-0.1, -0.05) is 36.4 Å². The van der Waals surface area contributed by atoms with Crippen LogP contribution in [0.4, 0.5) is 0 Å². The molecule has 6 heteroatoms. The number of nitriles is 1. The minimum absolute atomic E-state index is 0.208. The van der Waals surface area contributed by atoms with Crippen LogP contribution in [0.1, 0.15) is 28.6 Å². The lowest BCUT2D eigenvalue weighted by atomic mass is 9.96. The summed E-state index contributed by atoms with van der Waals surface area (Å²) in [5, 5.41) is 12.0. The summed E-state index contributed by atoms with van der Waals surface area (Å²) in [7, 11) is 0. The zero-order chi connectivity index (χ0) is 19.9. The van der Waals surface area contributed by atoms with Crippen LogP contribution in [-0.2, 0) is 16.1 Å². The second kappa shape index (κ2) is 8.69. The normalized spacial score (nSPS) is 11.3. The van der Waals surface area contributed by atoms with Gasteiger partial charge in [0.2, 0.25) is 0 Å². The summed E-state index contributed by atoms with van der Waals surface area (Å²) < 4.78 is 10.5. The Labute approximate surface area is 162 Å². The van der Waals surface area contributed by atoms with Gasteiger partial charge in [0, 0.05) is 5.56 Å². The number of carbonyl (C=O) groups is 2. The predicted molar refractivity (Wildman–Crippen MR) is 102 cm³/mol. The fraction of sp³-hybridized carbons (Fsp3) is 0.136. The quantitative estimate of drug-likeness (QED) is 0.665. The summed E-state index contributed by atoms with van der Waals surface area (Å²) in [4.78, 5) is 24.9. The fourth-order valence-corrected chi connectivity index (χ4v) is 2.72. The van der Waals surface area contributed by atoms with Crippen LogP contribution in [0.25, 0.3) is 11.1 Å². The van der Waals surface area contributed by atoms with E-state index in [9.17, 15) is 14.9 Å². The van der Waals surface area contributed by atoms with Crippen molar-refractivity contribution in [1.82, 2.24) is 5.32 Å². The largest absolute Gasteiger partial charge is 0.467 e. The maximum absolute atomic E-state index is 12.7. The van der Waals surface area contributed by atoms with Crippen LogP contribution in [0, 0.1) is 11.3 Å². The van der Waals surface area contributed by atoms with Crippen LogP contribution in [0.15, 0.2) is 71.3 Å². The van der Waals surface area contributed by atoms with E-state index in [2.05, 4.69) is 11.4 Å². The van der Waals surface area contributed by atoms with Crippen LogP contribution in [0.5, 0.6) is 0 Å². The van der Waals surface area contributed by atoms with E-state index in [1.807, 2.05) is 0 Å². The van der Waals surface area contributed by atoms with Crippen molar-refractivity contribution in [2.75, 3.05) is 0 Å². The highest BCUT2D eigenvalue weighted by atomic mass is 16.5. The molecule has 3 aromatic rings. The van der Waals surface area contributed by atoms with Crippen LogP contribution in [-0.4, -0.2) is 18.0 Å². The SMILES string of the molecule is C[C@@H](OC(=O)c1ccccc1-c1ccccc1C#N)C(=O)NCc1ccco1. The van der Waals surface area contributed by atoms with Gasteiger partial charge in [-0.3, -0.25) is 4.79 Å². The molecule has 0 radical (unpaired) electrons. The van der Waals surface area contributed by atoms with Crippen molar-refractivity contribution < 1.29 is 18.7 Å². The standard InChI is InChI=1S/C22H18N2O4/c1-15(21(25)24-14-17-8-6-12-27-17)28-22(26)20-11-5-4-10-19(20)18-9-3-2-7-16(18)13-23/h2-12,15H,14H2,1H3,(H,24,25)/t15-/m1/s1. The fourth-order valence-electron chi connectivity index (χ4n) is 2.72. The third-order valence-electron chi connectivity index (χ3n) is 4.15.